The van der Waals surface area contributed by atoms with Crippen molar-refractivity contribution >= 4 is 11.3 Å². The van der Waals surface area contributed by atoms with Crippen LogP contribution in [-0.4, -0.2) is 7.05 Å². The van der Waals surface area contributed by atoms with Crippen LogP contribution in [-0.2, 0) is 6.42 Å². The maximum Gasteiger partial charge on any atom is 0.0415 e. The molecular formula is C15H19NS. The van der Waals surface area contributed by atoms with Crippen LogP contribution in [0.5, 0.6) is 0 Å². The molecule has 0 aliphatic heterocycles. The molecule has 1 atom stereocenters. The van der Waals surface area contributed by atoms with Crippen LogP contribution in [0.15, 0.2) is 41.8 Å². The zero-order valence-electron chi connectivity index (χ0n) is 10.4. The molecule has 0 amide bonds. The van der Waals surface area contributed by atoms with Crippen molar-refractivity contribution in [1.82, 2.24) is 5.32 Å². The van der Waals surface area contributed by atoms with Crippen molar-refractivity contribution in [3.8, 4) is 0 Å². The Morgan fingerprint density at radius 1 is 1.18 bits per heavy atom. The topological polar surface area (TPSA) is 12.0 Å². The summed E-state index contributed by atoms with van der Waals surface area (Å²) in [6.45, 7) is 2.13. The molecule has 0 radical (unpaired) electrons. The standard InChI is InChI=1S/C15H19NS/c1-12-5-7-13(8-6-12)9-10-14(16-2)15-4-3-11-17-15/h3-8,11,14,16H,9-10H2,1-2H3. The summed E-state index contributed by atoms with van der Waals surface area (Å²) in [7, 11) is 2.04. The van der Waals surface area contributed by atoms with Crippen molar-refractivity contribution in [2.24, 2.45) is 0 Å². The third-order valence-electron chi connectivity index (χ3n) is 3.08. The molecule has 2 rings (SSSR count). The lowest BCUT2D eigenvalue weighted by Gasteiger charge is -2.14. The highest BCUT2D eigenvalue weighted by molar-refractivity contribution is 7.10. The van der Waals surface area contributed by atoms with Gasteiger partial charge in [-0.3, -0.25) is 0 Å². The molecule has 0 saturated heterocycles. The number of hydrogen-bond acceptors (Lipinski definition) is 2. The third-order valence-corrected chi connectivity index (χ3v) is 4.06. The number of rotatable bonds is 5. The SMILES string of the molecule is CNC(CCc1ccc(C)cc1)c1cccs1. The summed E-state index contributed by atoms with van der Waals surface area (Å²) in [5.74, 6) is 0. The monoisotopic (exact) mass is 245 g/mol. The van der Waals surface area contributed by atoms with Crippen LogP contribution in [0, 0.1) is 6.92 Å². The molecule has 2 aromatic rings. The molecule has 17 heavy (non-hydrogen) atoms. The van der Waals surface area contributed by atoms with E-state index in [0.29, 0.717) is 6.04 Å². The van der Waals surface area contributed by atoms with E-state index in [1.807, 2.05) is 18.4 Å². The quantitative estimate of drug-likeness (QED) is 0.841. The van der Waals surface area contributed by atoms with Gasteiger partial charge in [-0.15, -0.1) is 11.3 Å². The minimum Gasteiger partial charge on any atom is -0.312 e. The fraction of sp³-hybridized carbons (Fsp3) is 0.333. The maximum absolute atomic E-state index is 3.40. The number of nitrogens with one attached hydrogen (secondary N) is 1. The van der Waals surface area contributed by atoms with Gasteiger partial charge in [-0.05, 0) is 43.8 Å². The first-order chi connectivity index (χ1) is 8.29. The van der Waals surface area contributed by atoms with Gasteiger partial charge in [0, 0.05) is 10.9 Å². The van der Waals surface area contributed by atoms with E-state index in [2.05, 4.69) is 54.0 Å². The second-order valence-corrected chi connectivity index (χ2v) is 5.36. The van der Waals surface area contributed by atoms with E-state index < -0.39 is 0 Å². The van der Waals surface area contributed by atoms with E-state index in [4.69, 9.17) is 0 Å². The first-order valence-electron chi connectivity index (χ1n) is 6.06. The van der Waals surface area contributed by atoms with Crippen LogP contribution < -0.4 is 5.32 Å². The van der Waals surface area contributed by atoms with Gasteiger partial charge in [0.15, 0.2) is 0 Å². The number of thiophene rings is 1. The number of aryl methyl sites for hydroxylation is 2. The molecule has 0 aliphatic rings. The Morgan fingerprint density at radius 2 is 1.94 bits per heavy atom. The molecule has 1 aromatic heterocycles. The van der Waals surface area contributed by atoms with E-state index in [0.717, 1.165) is 12.8 Å². The predicted octanol–water partition coefficient (Wildman–Crippen LogP) is 3.95. The van der Waals surface area contributed by atoms with E-state index >= 15 is 0 Å². The molecule has 90 valence electrons. The van der Waals surface area contributed by atoms with Gasteiger partial charge in [0.25, 0.3) is 0 Å². The molecule has 0 bridgehead atoms. The molecule has 0 saturated carbocycles. The van der Waals surface area contributed by atoms with E-state index in [1.54, 1.807) is 0 Å². The fourth-order valence-electron chi connectivity index (χ4n) is 1.98. The molecule has 1 unspecified atom stereocenters. The van der Waals surface area contributed by atoms with Crippen molar-refractivity contribution < 1.29 is 0 Å². The Kier molecular flexibility index (Phi) is 4.35. The highest BCUT2D eigenvalue weighted by atomic mass is 32.1. The fourth-order valence-corrected chi connectivity index (χ4v) is 2.86. The van der Waals surface area contributed by atoms with Crippen molar-refractivity contribution in [3.63, 3.8) is 0 Å². The highest BCUT2D eigenvalue weighted by Crippen LogP contribution is 2.23. The van der Waals surface area contributed by atoms with Crippen molar-refractivity contribution in [1.29, 1.82) is 0 Å². The Morgan fingerprint density at radius 3 is 2.53 bits per heavy atom. The zero-order chi connectivity index (χ0) is 12.1. The largest absolute Gasteiger partial charge is 0.312 e. The highest BCUT2D eigenvalue weighted by Gasteiger charge is 2.09. The van der Waals surface area contributed by atoms with Gasteiger partial charge in [-0.25, -0.2) is 0 Å². The summed E-state index contributed by atoms with van der Waals surface area (Å²) in [6.07, 6.45) is 2.28. The van der Waals surface area contributed by atoms with Crippen molar-refractivity contribution in [3.05, 3.63) is 57.8 Å². The van der Waals surface area contributed by atoms with Crippen molar-refractivity contribution in [2.75, 3.05) is 7.05 Å². The normalized spacial score (nSPS) is 12.6. The number of hydrogen-bond donors (Lipinski definition) is 1. The second kappa shape index (κ2) is 5.99. The lowest BCUT2D eigenvalue weighted by Crippen LogP contribution is -2.15. The van der Waals surface area contributed by atoms with E-state index in [-0.39, 0.29) is 0 Å². The van der Waals surface area contributed by atoms with Gasteiger partial charge in [-0.2, -0.15) is 0 Å². The Balaban J connectivity index is 1.94. The maximum atomic E-state index is 3.40. The molecule has 0 fully saturated rings. The van der Waals surface area contributed by atoms with E-state index in [9.17, 15) is 0 Å². The van der Waals surface area contributed by atoms with Crippen LogP contribution in [0.25, 0.3) is 0 Å². The van der Waals surface area contributed by atoms with Crippen LogP contribution in [0.4, 0.5) is 0 Å². The molecule has 1 N–H and O–H groups in total. The second-order valence-electron chi connectivity index (χ2n) is 4.38. The Labute approximate surface area is 108 Å². The molecule has 0 spiro atoms. The smallest absolute Gasteiger partial charge is 0.0415 e. The first-order valence-corrected chi connectivity index (χ1v) is 6.94. The predicted molar refractivity (Wildman–Crippen MR) is 75.6 cm³/mol. The summed E-state index contributed by atoms with van der Waals surface area (Å²) in [5.41, 5.74) is 2.75. The van der Waals surface area contributed by atoms with Gasteiger partial charge in [0.1, 0.15) is 0 Å². The Hall–Kier alpha value is -1.12. The average molecular weight is 245 g/mol. The van der Waals surface area contributed by atoms with Crippen LogP contribution >= 0.6 is 11.3 Å². The Bertz CT molecular complexity index is 430. The van der Waals surface area contributed by atoms with Gasteiger partial charge in [-0.1, -0.05) is 35.9 Å². The van der Waals surface area contributed by atoms with Crippen LogP contribution in [0.3, 0.4) is 0 Å². The van der Waals surface area contributed by atoms with Crippen LogP contribution in [0.1, 0.15) is 28.5 Å². The summed E-state index contributed by atoms with van der Waals surface area (Å²) in [6, 6.07) is 13.7. The first kappa shape index (κ1) is 12.3. The van der Waals surface area contributed by atoms with Gasteiger partial charge < -0.3 is 5.32 Å². The van der Waals surface area contributed by atoms with E-state index in [1.165, 1.54) is 16.0 Å². The third kappa shape index (κ3) is 3.42. The lowest BCUT2D eigenvalue weighted by atomic mass is 10.0. The summed E-state index contributed by atoms with van der Waals surface area (Å²) >= 11 is 1.83. The average Bonchev–Trinajstić information content (AvgIpc) is 2.86. The minimum atomic E-state index is 0.483. The molecular weight excluding hydrogens is 226 g/mol. The zero-order valence-corrected chi connectivity index (χ0v) is 11.3. The number of benzene rings is 1. The molecule has 1 aromatic carbocycles. The van der Waals surface area contributed by atoms with Crippen LogP contribution in [0.2, 0.25) is 0 Å². The lowest BCUT2D eigenvalue weighted by molar-refractivity contribution is 0.558. The molecule has 0 aliphatic carbocycles. The van der Waals surface area contributed by atoms with Gasteiger partial charge in [0.2, 0.25) is 0 Å². The summed E-state index contributed by atoms with van der Waals surface area (Å²) < 4.78 is 0. The van der Waals surface area contributed by atoms with Gasteiger partial charge >= 0.3 is 0 Å². The molecule has 1 heterocycles. The summed E-state index contributed by atoms with van der Waals surface area (Å²) in [4.78, 5) is 1.43. The summed E-state index contributed by atoms with van der Waals surface area (Å²) in [5, 5.41) is 5.54. The van der Waals surface area contributed by atoms with Gasteiger partial charge in [0.05, 0.1) is 0 Å². The van der Waals surface area contributed by atoms with Crippen molar-refractivity contribution in [2.45, 2.75) is 25.8 Å². The minimum absolute atomic E-state index is 0.483. The molecule has 2 heteroatoms. The molecule has 1 nitrogen and oxygen atoms in total.